The standard InChI is InChI=1S/C19H24N4O3S/c1-4-19(24)21-16-12-14(2)23(15(3)13-16)27(25,26)18-8-6-17(7-9-18)22-11-5-10-20-22/h4-11,14-16H,1,12-13H2,2-3H3,(H,21,24). The van der Waals surface area contributed by atoms with E-state index >= 15 is 0 Å². The highest BCUT2D eigenvalue weighted by Gasteiger charge is 2.39. The smallest absolute Gasteiger partial charge is 0.243 e. The van der Waals surface area contributed by atoms with Crippen molar-refractivity contribution in [3.8, 4) is 5.69 Å². The largest absolute Gasteiger partial charge is 0.350 e. The van der Waals surface area contributed by atoms with E-state index in [2.05, 4.69) is 17.0 Å². The van der Waals surface area contributed by atoms with Crippen molar-refractivity contribution >= 4 is 15.9 Å². The molecule has 1 N–H and O–H groups in total. The van der Waals surface area contributed by atoms with Gasteiger partial charge in [-0.3, -0.25) is 4.79 Å². The third-order valence-corrected chi connectivity index (χ3v) is 6.98. The second-order valence-electron chi connectivity index (χ2n) is 6.86. The fraction of sp³-hybridized carbons (Fsp3) is 0.368. The molecular formula is C19H24N4O3S. The lowest BCUT2D eigenvalue weighted by Crippen LogP contribution is -2.54. The van der Waals surface area contributed by atoms with Gasteiger partial charge in [-0.05, 0) is 63.1 Å². The molecule has 27 heavy (non-hydrogen) atoms. The highest BCUT2D eigenvalue weighted by atomic mass is 32.2. The van der Waals surface area contributed by atoms with Crippen LogP contribution in [0.5, 0.6) is 0 Å². The highest BCUT2D eigenvalue weighted by molar-refractivity contribution is 7.89. The number of rotatable bonds is 5. The fourth-order valence-electron chi connectivity index (χ4n) is 3.73. The molecule has 1 amide bonds. The molecule has 0 saturated carbocycles. The van der Waals surface area contributed by atoms with E-state index < -0.39 is 10.0 Å². The number of aromatic nitrogens is 2. The molecule has 0 aliphatic carbocycles. The van der Waals surface area contributed by atoms with E-state index in [1.807, 2.05) is 19.9 Å². The molecule has 1 aliphatic rings. The van der Waals surface area contributed by atoms with E-state index in [0.717, 1.165) is 5.69 Å². The maximum absolute atomic E-state index is 13.2. The van der Waals surface area contributed by atoms with Gasteiger partial charge in [-0.25, -0.2) is 13.1 Å². The summed E-state index contributed by atoms with van der Waals surface area (Å²) < 4.78 is 29.6. The SMILES string of the molecule is C=CC(=O)NC1CC(C)N(S(=O)(=O)c2ccc(-n3cccn3)cc2)C(C)C1. The predicted octanol–water partition coefficient (Wildman–Crippen LogP) is 2.10. The summed E-state index contributed by atoms with van der Waals surface area (Å²) in [5.41, 5.74) is 0.797. The lowest BCUT2D eigenvalue weighted by Gasteiger charge is -2.41. The van der Waals surface area contributed by atoms with Crippen molar-refractivity contribution in [2.24, 2.45) is 0 Å². The molecule has 1 aromatic carbocycles. The first kappa shape index (κ1) is 19.3. The van der Waals surface area contributed by atoms with Gasteiger partial charge in [0.05, 0.1) is 10.6 Å². The highest BCUT2D eigenvalue weighted by Crippen LogP contribution is 2.30. The van der Waals surface area contributed by atoms with E-state index in [1.54, 1.807) is 45.6 Å². The Balaban J connectivity index is 1.80. The third kappa shape index (κ3) is 3.96. The van der Waals surface area contributed by atoms with Gasteiger partial charge in [0, 0.05) is 30.5 Å². The zero-order valence-corrected chi connectivity index (χ0v) is 16.3. The Labute approximate surface area is 159 Å². The Kier molecular flexibility index (Phi) is 5.48. The van der Waals surface area contributed by atoms with Crippen molar-refractivity contribution in [3.63, 3.8) is 0 Å². The van der Waals surface area contributed by atoms with Gasteiger partial charge in [0.25, 0.3) is 0 Å². The Morgan fingerprint density at radius 3 is 2.37 bits per heavy atom. The van der Waals surface area contributed by atoms with Crippen molar-refractivity contribution in [1.29, 1.82) is 0 Å². The van der Waals surface area contributed by atoms with E-state index in [4.69, 9.17) is 0 Å². The number of piperidine rings is 1. The van der Waals surface area contributed by atoms with Gasteiger partial charge in [-0.15, -0.1) is 0 Å². The first-order chi connectivity index (χ1) is 12.8. The van der Waals surface area contributed by atoms with E-state index in [9.17, 15) is 13.2 Å². The van der Waals surface area contributed by atoms with Crippen LogP contribution in [0.4, 0.5) is 0 Å². The molecule has 1 fully saturated rings. The fourth-order valence-corrected chi connectivity index (χ4v) is 5.57. The number of carbonyl (C=O) groups is 1. The van der Waals surface area contributed by atoms with Gasteiger partial charge >= 0.3 is 0 Å². The third-order valence-electron chi connectivity index (χ3n) is 4.83. The topological polar surface area (TPSA) is 84.3 Å². The summed E-state index contributed by atoms with van der Waals surface area (Å²) in [5.74, 6) is -0.232. The number of hydrogen-bond donors (Lipinski definition) is 1. The number of nitrogens with one attached hydrogen (secondary N) is 1. The summed E-state index contributed by atoms with van der Waals surface area (Å²) in [4.78, 5) is 11.8. The van der Waals surface area contributed by atoms with Crippen LogP contribution < -0.4 is 5.32 Å². The summed E-state index contributed by atoms with van der Waals surface area (Å²) in [6, 6.07) is 8.00. The maximum atomic E-state index is 13.2. The van der Waals surface area contributed by atoms with Crippen molar-refractivity contribution in [1.82, 2.24) is 19.4 Å². The van der Waals surface area contributed by atoms with Crippen LogP contribution in [-0.2, 0) is 14.8 Å². The normalized spacial score (nSPS) is 23.7. The van der Waals surface area contributed by atoms with Crippen LogP contribution in [0.2, 0.25) is 0 Å². The molecule has 2 aromatic rings. The van der Waals surface area contributed by atoms with E-state index in [0.29, 0.717) is 12.8 Å². The minimum atomic E-state index is -3.63. The summed E-state index contributed by atoms with van der Waals surface area (Å²) in [5, 5.41) is 7.02. The molecule has 1 saturated heterocycles. The molecule has 0 bridgehead atoms. The van der Waals surface area contributed by atoms with Gasteiger partial charge in [-0.1, -0.05) is 6.58 Å². The monoisotopic (exact) mass is 388 g/mol. The minimum absolute atomic E-state index is 0.0610. The molecule has 2 atom stereocenters. The second kappa shape index (κ2) is 7.66. The molecule has 3 rings (SSSR count). The average molecular weight is 388 g/mol. The van der Waals surface area contributed by atoms with Crippen molar-refractivity contribution < 1.29 is 13.2 Å². The van der Waals surface area contributed by atoms with Crippen LogP contribution in [0, 0.1) is 0 Å². The molecule has 8 heteroatoms. The van der Waals surface area contributed by atoms with Crippen molar-refractivity contribution in [2.45, 2.75) is 49.7 Å². The summed E-state index contributed by atoms with van der Waals surface area (Å²) in [6.07, 6.45) is 5.84. The quantitative estimate of drug-likeness (QED) is 0.795. The lowest BCUT2D eigenvalue weighted by atomic mass is 9.95. The minimum Gasteiger partial charge on any atom is -0.350 e. The van der Waals surface area contributed by atoms with Crippen LogP contribution >= 0.6 is 0 Å². The van der Waals surface area contributed by atoms with Crippen LogP contribution in [-0.4, -0.2) is 46.5 Å². The molecule has 2 heterocycles. The van der Waals surface area contributed by atoms with Crippen molar-refractivity contribution in [2.75, 3.05) is 0 Å². The molecule has 144 valence electrons. The molecule has 0 spiro atoms. The first-order valence-corrected chi connectivity index (χ1v) is 10.3. The zero-order valence-electron chi connectivity index (χ0n) is 15.4. The Hall–Kier alpha value is -2.45. The molecule has 7 nitrogen and oxygen atoms in total. The molecule has 0 radical (unpaired) electrons. The second-order valence-corrected chi connectivity index (χ2v) is 8.70. The number of benzene rings is 1. The molecule has 1 aromatic heterocycles. The van der Waals surface area contributed by atoms with Crippen LogP contribution in [0.3, 0.4) is 0 Å². The van der Waals surface area contributed by atoms with Gasteiger partial charge in [0.2, 0.25) is 15.9 Å². The van der Waals surface area contributed by atoms with Gasteiger partial charge in [0.15, 0.2) is 0 Å². The van der Waals surface area contributed by atoms with Gasteiger partial charge < -0.3 is 5.32 Å². The number of carbonyl (C=O) groups excluding carboxylic acids is 1. The Morgan fingerprint density at radius 1 is 1.22 bits per heavy atom. The molecular weight excluding hydrogens is 364 g/mol. The van der Waals surface area contributed by atoms with Crippen LogP contribution in [0.1, 0.15) is 26.7 Å². The zero-order chi connectivity index (χ0) is 19.6. The number of sulfonamides is 1. The van der Waals surface area contributed by atoms with Crippen LogP contribution in [0.15, 0.2) is 60.3 Å². The molecule has 2 unspecified atom stereocenters. The number of amides is 1. The predicted molar refractivity (Wildman–Crippen MR) is 103 cm³/mol. The number of nitrogens with zero attached hydrogens (tertiary/aromatic N) is 3. The maximum Gasteiger partial charge on any atom is 0.243 e. The molecule has 1 aliphatic heterocycles. The Bertz CT molecular complexity index is 895. The first-order valence-electron chi connectivity index (χ1n) is 8.89. The summed E-state index contributed by atoms with van der Waals surface area (Å²) in [6.45, 7) is 7.21. The lowest BCUT2D eigenvalue weighted by molar-refractivity contribution is -0.117. The number of hydrogen-bond acceptors (Lipinski definition) is 4. The van der Waals surface area contributed by atoms with E-state index in [-0.39, 0.29) is 28.9 Å². The van der Waals surface area contributed by atoms with Gasteiger partial charge in [-0.2, -0.15) is 9.40 Å². The van der Waals surface area contributed by atoms with Crippen molar-refractivity contribution in [3.05, 3.63) is 55.4 Å². The summed E-state index contributed by atoms with van der Waals surface area (Å²) in [7, 11) is -3.63. The summed E-state index contributed by atoms with van der Waals surface area (Å²) >= 11 is 0. The van der Waals surface area contributed by atoms with Gasteiger partial charge in [0.1, 0.15) is 0 Å². The Morgan fingerprint density at radius 2 is 1.85 bits per heavy atom. The average Bonchev–Trinajstić information content (AvgIpc) is 3.15. The van der Waals surface area contributed by atoms with E-state index in [1.165, 1.54) is 6.08 Å². The van der Waals surface area contributed by atoms with Crippen LogP contribution in [0.25, 0.3) is 5.69 Å².